The topological polar surface area (TPSA) is 52.1 Å². The summed E-state index contributed by atoms with van der Waals surface area (Å²) in [6.07, 6.45) is 6.66. The van der Waals surface area contributed by atoms with Gasteiger partial charge in [0.25, 0.3) is 0 Å². The Balaban J connectivity index is 2.32. The highest BCUT2D eigenvalue weighted by Gasteiger charge is 2.25. The van der Waals surface area contributed by atoms with E-state index < -0.39 is 0 Å². The number of hydrogen-bond donors (Lipinski definition) is 0. The molecule has 0 bridgehead atoms. The molecule has 1 aromatic heterocycles. The Morgan fingerprint density at radius 2 is 2.14 bits per heavy atom. The molecule has 74 valence electrons. The maximum Gasteiger partial charge on any atom is 0.339 e. The molecule has 0 aromatic carbocycles. The van der Waals surface area contributed by atoms with Crippen LogP contribution in [0.3, 0.4) is 0 Å². The van der Waals surface area contributed by atoms with E-state index in [1.807, 2.05) is 0 Å². The van der Waals surface area contributed by atoms with Gasteiger partial charge in [-0.25, -0.2) is 4.79 Å². The molecule has 1 aliphatic rings. The summed E-state index contributed by atoms with van der Waals surface area (Å²) in [6, 6.07) is 0. The van der Waals surface area contributed by atoms with Crippen molar-refractivity contribution in [2.24, 2.45) is 0 Å². The maximum absolute atomic E-state index is 11.4. The zero-order valence-electron chi connectivity index (χ0n) is 8.06. The molecule has 1 saturated carbocycles. The number of aromatic nitrogens is 2. The number of nitrogens with zero attached hydrogens (tertiary/aromatic N) is 2. The van der Waals surface area contributed by atoms with Gasteiger partial charge >= 0.3 is 5.97 Å². The van der Waals surface area contributed by atoms with E-state index in [2.05, 4.69) is 14.9 Å². The number of esters is 1. The molecule has 0 radical (unpaired) electrons. The molecule has 0 unspecified atom stereocenters. The van der Waals surface area contributed by atoms with E-state index in [-0.39, 0.29) is 5.97 Å². The monoisotopic (exact) mass is 192 g/mol. The second-order valence-electron chi connectivity index (χ2n) is 3.48. The van der Waals surface area contributed by atoms with Crippen LogP contribution in [-0.2, 0) is 4.74 Å². The lowest BCUT2D eigenvalue weighted by Gasteiger charge is -2.26. The number of hydrogen-bond acceptors (Lipinski definition) is 4. The summed E-state index contributed by atoms with van der Waals surface area (Å²) in [7, 11) is 1.38. The first-order valence-electron chi connectivity index (χ1n) is 4.72. The third-order valence-corrected chi connectivity index (χ3v) is 2.71. The molecule has 1 aliphatic carbocycles. The van der Waals surface area contributed by atoms with E-state index >= 15 is 0 Å². The van der Waals surface area contributed by atoms with Gasteiger partial charge in [0.15, 0.2) is 0 Å². The van der Waals surface area contributed by atoms with Crippen molar-refractivity contribution in [1.82, 2.24) is 10.2 Å². The first kappa shape index (κ1) is 9.12. The van der Waals surface area contributed by atoms with Crippen LogP contribution in [-0.4, -0.2) is 23.3 Å². The lowest BCUT2D eigenvalue weighted by Crippen LogP contribution is -2.15. The number of carbonyl (C=O) groups excluding carboxylic acids is 1. The van der Waals surface area contributed by atoms with Crippen LogP contribution in [0, 0.1) is 0 Å². The zero-order valence-corrected chi connectivity index (χ0v) is 8.06. The quantitative estimate of drug-likeness (QED) is 0.667. The second-order valence-corrected chi connectivity index (χ2v) is 3.48. The summed E-state index contributed by atoms with van der Waals surface area (Å²) in [5.74, 6) is 0.154. The van der Waals surface area contributed by atoms with E-state index in [9.17, 15) is 4.79 Å². The number of rotatable bonds is 2. The van der Waals surface area contributed by atoms with Crippen LogP contribution < -0.4 is 0 Å². The van der Waals surface area contributed by atoms with Gasteiger partial charge in [-0.3, -0.25) is 0 Å². The van der Waals surface area contributed by atoms with Gasteiger partial charge in [-0.15, -0.1) is 0 Å². The Hall–Kier alpha value is -1.45. The van der Waals surface area contributed by atoms with E-state index in [1.54, 1.807) is 6.20 Å². The summed E-state index contributed by atoms with van der Waals surface area (Å²) in [5, 5.41) is 7.51. The first-order chi connectivity index (χ1) is 6.83. The van der Waals surface area contributed by atoms with Gasteiger partial charge in [-0.2, -0.15) is 10.2 Å². The van der Waals surface area contributed by atoms with Gasteiger partial charge in [0.05, 0.1) is 25.1 Å². The van der Waals surface area contributed by atoms with Crippen molar-refractivity contribution < 1.29 is 9.53 Å². The average molecular weight is 192 g/mol. The minimum atomic E-state index is -0.318. The van der Waals surface area contributed by atoms with Gasteiger partial charge in [0.1, 0.15) is 0 Å². The van der Waals surface area contributed by atoms with Crippen LogP contribution in [0.25, 0.3) is 0 Å². The van der Waals surface area contributed by atoms with E-state index in [1.165, 1.54) is 19.7 Å². The van der Waals surface area contributed by atoms with Crippen molar-refractivity contribution in [3.8, 4) is 0 Å². The Bertz CT molecular complexity index is 348. The predicted octanol–water partition coefficient (Wildman–Crippen LogP) is 1.53. The van der Waals surface area contributed by atoms with Crippen LogP contribution in [0.15, 0.2) is 12.4 Å². The lowest BCUT2D eigenvalue weighted by molar-refractivity contribution is 0.0597. The van der Waals surface area contributed by atoms with E-state index in [0.717, 1.165) is 18.4 Å². The van der Waals surface area contributed by atoms with Crippen molar-refractivity contribution >= 4 is 5.97 Å². The summed E-state index contributed by atoms with van der Waals surface area (Å²) in [5.41, 5.74) is 1.55. The molecule has 0 amide bonds. The molecule has 0 atom stereocenters. The molecule has 1 aromatic rings. The highest BCUT2D eigenvalue weighted by molar-refractivity contribution is 5.90. The van der Waals surface area contributed by atoms with Crippen LogP contribution in [0.2, 0.25) is 0 Å². The Morgan fingerprint density at radius 1 is 1.43 bits per heavy atom. The molecule has 1 heterocycles. The molecule has 0 N–H and O–H groups in total. The third kappa shape index (κ3) is 1.47. The van der Waals surface area contributed by atoms with Crippen LogP contribution in [0.1, 0.15) is 41.1 Å². The first-order valence-corrected chi connectivity index (χ1v) is 4.72. The van der Waals surface area contributed by atoms with E-state index in [4.69, 9.17) is 0 Å². The van der Waals surface area contributed by atoms with Gasteiger partial charge in [-0.05, 0) is 24.3 Å². The largest absolute Gasteiger partial charge is 0.465 e. The molecule has 4 heteroatoms. The summed E-state index contributed by atoms with van der Waals surface area (Å²) in [6.45, 7) is 0. The summed E-state index contributed by atoms with van der Waals surface area (Å²) in [4.78, 5) is 11.4. The molecule has 4 nitrogen and oxygen atoms in total. The summed E-state index contributed by atoms with van der Waals surface area (Å²) < 4.78 is 4.69. The Morgan fingerprint density at radius 3 is 2.71 bits per heavy atom. The average Bonchev–Trinajstić information content (AvgIpc) is 2.15. The van der Waals surface area contributed by atoms with Gasteiger partial charge in [-0.1, -0.05) is 6.42 Å². The molecule has 2 rings (SSSR count). The number of methoxy groups -OCH3 is 1. The normalized spacial score (nSPS) is 16.1. The van der Waals surface area contributed by atoms with Crippen molar-refractivity contribution in [1.29, 1.82) is 0 Å². The lowest BCUT2D eigenvalue weighted by atomic mass is 9.79. The van der Waals surface area contributed by atoms with Crippen molar-refractivity contribution in [2.45, 2.75) is 25.2 Å². The fourth-order valence-corrected chi connectivity index (χ4v) is 1.66. The van der Waals surface area contributed by atoms with Crippen LogP contribution >= 0.6 is 0 Å². The molecule has 0 aliphatic heterocycles. The third-order valence-electron chi connectivity index (χ3n) is 2.71. The fraction of sp³-hybridized carbons (Fsp3) is 0.500. The fourth-order valence-electron chi connectivity index (χ4n) is 1.66. The molecule has 14 heavy (non-hydrogen) atoms. The predicted molar refractivity (Wildman–Crippen MR) is 50.0 cm³/mol. The highest BCUT2D eigenvalue weighted by Crippen LogP contribution is 2.37. The Kier molecular flexibility index (Phi) is 2.43. The standard InChI is InChI=1S/C10H12N2O2/c1-14-10(13)9-6-12-11-5-8(9)7-3-2-4-7/h5-7H,2-4H2,1H3. The minimum Gasteiger partial charge on any atom is -0.465 e. The number of carbonyl (C=O) groups is 1. The van der Waals surface area contributed by atoms with E-state index in [0.29, 0.717) is 11.5 Å². The van der Waals surface area contributed by atoms with Gasteiger partial charge in [0, 0.05) is 0 Å². The number of ether oxygens (including phenoxy) is 1. The maximum atomic E-state index is 11.4. The highest BCUT2D eigenvalue weighted by atomic mass is 16.5. The SMILES string of the molecule is COC(=O)c1cnncc1C1CCC1. The van der Waals surface area contributed by atoms with Crippen LogP contribution in [0.5, 0.6) is 0 Å². The molecular formula is C10H12N2O2. The van der Waals surface area contributed by atoms with Crippen molar-refractivity contribution in [2.75, 3.05) is 7.11 Å². The van der Waals surface area contributed by atoms with Crippen molar-refractivity contribution in [3.63, 3.8) is 0 Å². The van der Waals surface area contributed by atoms with Crippen LogP contribution in [0.4, 0.5) is 0 Å². The van der Waals surface area contributed by atoms with Crippen molar-refractivity contribution in [3.05, 3.63) is 23.5 Å². The molecule has 1 fully saturated rings. The van der Waals surface area contributed by atoms with Gasteiger partial charge in [0.2, 0.25) is 0 Å². The molecule has 0 spiro atoms. The summed E-state index contributed by atoms with van der Waals surface area (Å²) >= 11 is 0. The molecular weight excluding hydrogens is 180 g/mol. The smallest absolute Gasteiger partial charge is 0.339 e. The minimum absolute atomic E-state index is 0.318. The second kappa shape index (κ2) is 3.74. The van der Waals surface area contributed by atoms with Gasteiger partial charge < -0.3 is 4.74 Å². The Labute approximate surface area is 82.3 Å². The molecule has 0 saturated heterocycles. The zero-order chi connectivity index (χ0) is 9.97.